The van der Waals surface area contributed by atoms with Gasteiger partial charge in [0.1, 0.15) is 0 Å². The molecule has 2 aromatic rings. The molecule has 0 amide bonds. The zero-order valence-corrected chi connectivity index (χ0v) is 16.5. The van der Waals surface area contributed by atoms with Crippen LogP contribution in [0.5, 0.6) is 0 Å². The molecule has 160 valence electrons. The summed E-state index contributed by atoms with van der Waals surface area (Å²) in [7, 11) is -3.62. The van der Waals surface area contributed by atoms with Crippen LogP contribution in [-0.4, -0.2) is 44.2 Å². The molecule has 1 aliphatic rings. The van der Waals surface area contributed by atoms with Crippen molar-refractivity contribution in [2.24, 2.45) is 0 Å². The minimum Gasteiger partial charge on any atom is -0.454 e. The maximum atomic E-state index is 12.7. The van der Waals surface area contributed by atoms with Crippen LogP contribution in [0, 0.1) is 0 Å². The molecule has 1 aliphatic heterocycles. The monoisotopic (exact) mass is 441 g/mol. The average Bonchev–Trinajstić information content (AvgIpc) is 3.27. The summed E-state index contributed by atoms with van der Waals surface area (Å²) in [5.74, 6) is -1.68. The number of hydrogen-bond acceptors (Lipinski definition) is 5. The number of esters is 1. The highest BCUT2D eigenvalue weighted by atomic mass is 32.2. The van der Waals surface area contributed by atoms with E-state index in [4.69, 9.17) is 4.74 Å². The summed E-state index contributed by atoms with van der Waals surface area (Å²) in [5.41, 5.74) is -1.19. The zero-order valence-electron chi connectivity index (χ0n) is 15.7. The van der Waals surface area contributed by atoms with E-state index in [1.165, 1.54) is 34.6 Å². The van der Waals surface area contributed by atoms with E-state index in [1.807, 2.05) is 0 Å². The molecule has 6 nitrogen and oxygen atoms in total. The SMILES string of the molecule is O=C(COC(=O)c1ccc(S(=O)(=O)N2CCCC2)cc1)c1cccc(C(F)(F)F)c1. The van der Waals surface area contributed by atoms with Crippen molar-refractivity contribution in [3.8, 4) is 0 Å². The normalized spacial score (nSPS) is 15.2. The molecule has 0 saturated carbocycles. The van der Waals surface area contributed by atoms with E-state index in [1.54, 1.807) is 0 Å². The van der Waals surface area contributed by atoms with Gasteiger partial charge in [-0.25, -0.2) is 13.2 Å². The Morgan fingerprint density at radius 2 is 1.60 bits per heavy atom. The van der Waals surface area contributed by atoms with Crippen molar-refractivity contribution in [3.05, 3.63) is 65.2 Å². The van der Waals surface area contributed by atoms with E-state index in [0.717, 1.165) is 25.0 Å². The highest BCUT2D eigenvalue weighted by Crippen LogP contribution is 2.29. The molecular formula is C20H18F3NO5S. The summed E-state index contributed by atoms with van der Waals surface area (Å²) >= 11 is 0. The van der Waals surface area contributed by atoms with Gasteiger partial charge in [0.05, 0.1) is 16.0 Å². The highest BCUT2D eigenvalue weighted by Gasteiger charge is 2.31. The van der Waals surface area contributed by atoms with E-state index in [9.17, 15) is 31.2 Å². The van der Waals surface area contributed by atoms with Gasteiger partial charge in [-0.2, -0.15) is 17.5 Å². The fourth-order valence-corrected chi connectivity index (χ4v) is 4.52. The Labute approximate surface area is 171 Å². The summed E-state index contributed by atoms with van der Waals surface area (Å²) in [6.45, 7) is 0.154. The van der Waals surface area contributed by atoms with Crippen LogP contribution in [0.2, 0.25) is 0 Å². The van der Waals surface area contributed by atoms with E-state index < -0.39 is 40.1 Å². The summed E-state index contributed by atoms with van der Waals surface area (Å²) < 4.78 is 69.4. The van der Waals surface area contributed by atoms with Gasteiger partial charge in [-0.3, -0.25) is 4.79 Å². The van der Waals surface area contributed by atoms with E-state index in [2.05, 4.69) is 0 Å². The van der Waals surface area contributed by atoms with E-state index in [0.29, 0.717) is 19.2 Å². The number of alkyl halides is 3. The number of ether oxygens (including phenoxy) is 1. The smallest absolute Gasteiger partial charge is 0.416 e. The van der Waals surface area contributed by atoms with Crippen molar-refractivity contribution in [2.75, 3.05) is 19.7 Å². The van der Waals surface area contributed by atoms with Crippen molar-refractivity contribution in [2.45, 2.75) is 23.9 Å². The third-order valence-corrected chi connectivity index (χ3v) is 6.55. The van der Waals surface area contributed by atoms with Gasteiger partial charge < -0.3 is 4.74 Å². The zero-order chi connectivity index (χ0) is 21.9. The molecule has 2 aromatic carbocycles. The number of benzene rings is 2. The lowest BCUT2D eigenvalue weighted by molar-refractivity contribution is -0.137. The molecule has 0 atom stereocenters. The quantitative estimate of drug-likeness (QED) is 0.506. The van der Waals surface area contributed by atoms with Crippen molar-refractivity contribution < 1.29 is 35.9 Å². The molecular weight excluding hydrogens is 423 g/mol. The molecule has 10 heteroatoms. The van der Waals surface area contributed by atoms with Gasteiger partial charge in [-0.05, 0) is 49.2 Å². The Kier molecular flexibility index (Phi) is 6.27. The molecule has 1 fully saturated rings. The second kappa shape index (κ2) is 8.57. The third-order valence-electron chi connectivity index (χ3n) is 4.64. The predicted molar refractivity (Wildman–Crippen MR) is 100 cm³/mol. The first-order chi connectivity index (χ1) is 14.1. The number of halogens is 3. The Balaban J connectivity index is 1.63. The summed E-state index contributed by atoms with van der Waals surface area (Å²) in [4.78, 5) is 24.2. The number of nitrogens with zero attached hydrogens (tertiary/aromatic N) is 1. The molecule has 1 heterocycles. The van der Waals surface area contributed by atoms with Crippen LogP contribution < -0.4 is 0 Å². The lowest BCUT2D eigenvalue weighted by Gasteiger charge is -2.15. The predicted octanol–water partition coefficient (Wildman–Crippen LogP) is 3.53. The van der Waals surface area contributed by atoms with Gasteiger partial charge in [-0.15, -0.1) is 0 Å². The maximum Gasteiger partial charge on any atom is 0.416 e. The minimum absolute atomic E-state index is 0.0206. The molecule has 0 N–H and O–H groups in total. The van der Waals surface area contributed by atoms with Crippen molar-refractivity contribution >= 4 is 21.8 Å². The first-order valence-corrected chi connectivity index (χ1v) is 10.5. The first kappa shape index (κ1) is 22.0. The summed E-state index contributed by atoms with van der Waals surface area (Å²) in [6, 6.07) is 8.90. The summed E-state index contributed by atoms with van der Waals surface area (Å²) in [6.07, 6.45) is -3.00. The fraction of sp³-hybridized carbons (Fsp3) is 0.300. The van der Waals surface area contributed by atoms with Gasteiger partial charge in [0, 0.05) is 18.7 Å². The fourth-order valence-electron chi connectivity index (χ4n) is 3.01. The van der Waals surface area contributed by atoms with Gasteiger partial charge in [-0.1, -0.05) is 12.1 Å². The topological polar surface area (TPSA) is 80.8 Å². The van der Waals surface area contributed by atoms with Gasteiger partial charge in [0.15, 0.2) is 12.4 Å². The third kappa shape index (κ3) is 4.88. The van der Waals surface area contributed by atoms with Crippen molar-refractivity contribution in [1.82, 2.24) is 4.31 Å². The summed E-state index contributed by atoms with van der Waals surface area (Å²) in [5, 5.41) is 0. The average molecular weight is 441 g/mol. The molecule has 0 aliphatic carbocycles. The Bertz CT molecular complexity index is 1040. The second-order valence-electron chi connectivity index (χ2n) is 6.71. The van der Waals surface area contributed by atoms with Crippen LogP contribution in [0.1, 0.15) is 39.1 Å². The first-order valence-electron chi connectivity index (χ1n) is 9.07. The molecule has 30 heavy (non-hydrogen) atoms. The Hall–Kier alpha value is -2.72. The lowest BCUT2D eigenvalue weighted by Crippen LogP contribution is -2.27. The second-order valence-corrected chi connectivity index (χ2v) is 8.65. The van der Waals surface area contributed by atoms with Crippen LogP contribution >= 0.6 is 0 Å². The van der Waals surface area contributed by atoms with Crippen LogP contribution in [0.3, 0.4) is 0 Å². The van der Waals surface area contributed by atoms with Gasteiger partial charge in [0.25, 0.3) is 0 Å². The molecule has 0 aromatic heterocycles. The molecule has 0 radical (unpaired) electrons. The molecule has 1 saturated heterocycles. The van der Waals surface area contributed by atoms with Crippen LogP contribution in [0.15, 0.2) is 53.4 Å². The van der Waals surface area contributed by atoms with Crippen LogP contribution in [0.25, 0.3) is 0 Å². The highest BCUT2D eigenvalue weighted by molar-refractivity contribution is 7.89. The standard InChI is InChI=1S/C20H18F3NO5S/c21-20(22,23)16-5-3-4-15(12-16)18(25)13-29-19(26)14-6-8-17(9-7-14)30(27,28)24-10-1-2-11-24/h3-9,12H,1-2,10-11,13H2. The van der Waals surface area contributed by atoms with Crippen molar-refractivity contribution in [3.63, 3.8) is 0 Å². The number of hydrogen-bond donors (Lipinski definition) is 0. The van der Waals surface area contributed by atoms with Crippen molar-refractivity contribution in [1.29, 1.82) is 0 Å². The van der Waals surface area contributed by atoms with Crippen LogP contribution in [-0.2, 0) is 20.9 Å². The number of Topliss-reactive ketones (excluding diaryl/α,β-unsaturated/α-hetero) is 1. The van der Waals surface area contributed by atoms with Gasteiger partial charge >= 0.3 is 12.1 Å². The number of carbonyl (C=O) groups excluding carboxylic acids is 2. The number of ketones is 1. The number of carbonyl (C=O) groups is 2. The molecule has 0 unspecified atom stereocenters. The molecule has 0 spiro atoms. The Morgan fingerprint density at radius 1 is 0.967 bits per heavy atom. The van der Waals surface area contributed by atoms with Crippen LogP contribution in [0.4, 0.5) is 13.2 Å². The molecule has 0 bridgehead atoms. The lowest BCUT2D eigenvalue weighted by atomic mass is 10.1. The minimum atomic E-state index is -4.59. The molecule has 3 rings (SSSR count). The Morgan fingerprint density at radius 3 is 2.20 bits per heavy atom. The van der Waals surface area contributed by atoms with E-state index in [-0.39, 0.29) is 16.0 Å². The number of rotatable bonds is 6. The van der Waals surface area contributed by atoms with Gasteiger partial charge in [0.2, 0.25) is 10.0 Å². The maximum absolute atomic E-state index is 12.7. The largest absolute Gasteiger partial charge is 0.454 e. The van der Waals surface area contributed by atoms with E-state index >= 15 is 0 Å². The number of sulfonamides is 1.